The first kappa shape index (κ1) is 60.3. The minimum absolute atomic E-state index is 0.114. The van der Waals surface area contributed by atoms with Gasteiger partial charge in [0.2, 0.25) is 0 Å². The fourth-order valence-electron chi connectivity index (χ4n) is 6.99. The van der Waals surface area contributed by atoms with Crippen LogP contribution in [0, 0.1) is 0 Å². The van der Waals surface area contributed by atoms with Crippen molar-refractivity contribution in [3.05, 3.63) is 97.2 Å². The summed E-state index contributed by atoms with van der Waals surface area (Å²) in [6, 6.07) is 0. The van der Waals surface area contributed by atoms with Crippen molar-refractivity contribution in [2.45, 2.75) is 239 Å². The predicted octanol–water partition coefficient (Wildman–Crippen LogP) is 17.4. The quantitative estimate of drug-likeness (QED) is 0.0199. The third kappa shape index (κ3) is 49.3. The predicted molar refractivity (Wildman–Crippen MR) is 274 cm³/mol. The number of unbranched alkanes of at least 4 members (excludes halogenated alkanes) is 24. The van der Waals surface area contributed by atoms with Crippen molar-refractivity contribution >= 4 is 17.9 Å². The molecule has 0 aliphatic carbocycles. The number of esters is 3. The van der Waals surface area contributed by atoms with Crippen LogP contribution in [0.4, 0.5) is 0 Å². The van der Waals surface area contributed by atoms with Crippen molar-refractivity contribution in [2.24, 2.45) is 0 Å². The van der Waals surface area contributed by atoms with E-state index >= 15 is 0 Å². The molecule has 1 atom stereocenters. The van der Waals surface area contributed by atoms with Crippen molar-refractivity contribution in [1.82, 2.24) is 0 Å². The number of hydrogen-bond donors (Lipinski definition) is 0. The molecule has 0 spiro atoms. The molecule has 64 heavy (non-hydrogen) atoms. The van der Waals surface area contributed by atoms with Crippen molar-refractivity contribution in [3.8, 4) is 0 Å². The molecule has 0 aliphatic rings. The lowest BCUT2D eigenvalue weighted by Gasteiger charge is -2.18. The monoisotopic (exact) mass is 889 g/mol. The zero-order chi connectivity index (χ0) is 46.5. The normalized spacial score (nSPS) is 12.9. The number of ether oxygens (including phenoxy) is 3. The summed E-state index contributed by atoms with van der Waals surface area (Å²) in [4.78, 5) is 38.0. The van der Waals surface area contributed by atoms with E-state index in [4.69, 9.17) is 14.2 Å². The van der Waals surface area contributed by atoms with E-state index in [9.17, 15) is 14.4 Å². The van der Waals surface area contributed by atoms with Gasteiger partial charge in [-0.3, -0.25) is 14.4 Å². The zero-order valence-corrected chi connectivity index (χ0v) is 41.5. The number of carbonyl (C=O) groups is 3. The maximum atomic E-state index is 12.8. The third-order valence-electron chi connectivity index (χ3n) is 10.9. The molecule has 0 aromatic rings. The van der Waals surface area contributed by atoms with E-state index in [0.717, 1.165) is 64.2 Å². The zero-order valence-electron chi connectivity index (χ0n) is 41.5. The molecule has 0 fully saturated rings. The number of carbonyl (C=O) groups excluding carboxylic acids is 3. The smallest absolute Gasteiger partial charge is 0.306 e. The summed E-state index contributed by atoms with van der Waals surface area (Å²) >= 11 is 0. The lowest BCUT2D eigenvalue weighted by atomic mass is 10.1. The molecule has 0 aromatic carbocycles. The summed E-state index contributed by atoms with van der Waals surface area (Å²) < 4.78 is 16.7. The lowest BCUT2D eigenvalue weighted by Crippen LogP contribution is -2.30. The molecule has 1 unspecified atom stereocenters. The number of hydrogen-bond acceptors (Lipinski definition) is 6. The Labute approximate surface area is 394 Å². The topological polar surface area (TPSA) is 78.9 Å². The fraction of sp³-hybridized carbons (Fsp3) is 0.672. The van der Waals surface area contributed by atoms with Gasteiger partial charge in [-0.25, -0.2) is 0 Å². The molecular weight excluding hydrogens is 793 g/mol. The Kier molecular flexibility index (Phi) is 49.0. The summed E-state index contributed by atoms with van der Waals surface area (Å²) in [7, 11) is 0. The average molecular weight is 889 g/mol. The van der Waals surface area contributed by atoms with Crippen LogP contribution >= 0.6 is 0 Å². The van der Waals surface area contributed by atoms with Gasteiger partial charge in [-0.05, 0) is 83.5 Å². The molecule has 0 heterocycles. The van der Waals surface area contributed by atoms with E-state index in [1.165, 1.54) is 122 Å². The van der Waals surface area contributed by atoms with Crippen molar-refractivity contribution in [2.75, 3.05) is 13.2 Å². The van der Waals surface area contributed by atoms with Crippen LogP contribution < -0.4 is 0 Å². The van der Waals surface area contributed by atoms with Gasteiger partial charge in [-0.1, -0.05) is 227 Å². The van der Waals surface area contributed by atoms with E-state index in [2.05, 4.69) is 63.3 Å². The van der Waals surface area contributed by atoms with Crippen molar-refractivity contribution in [1.29, 1.82) is 0 Å². The van der Waals surface area contributed by atoms with Crippen LogP contribution in [0.1, 0.15) is 233 Å². The minimum atomic E-state index is -0.822. The third-order valence-corrected chi connectivity index (χ3v) is 10.9. The van der Waals surface area contributed by atoms with Crippen LogP contribution in [0.15, 0.2) is 97.2 Å². The molecule has 0 aromatic heterocycles. The molecule has 6 nitrogen and oxygen atoms in total. The molecule has 0 bridgehead atoms. The highest BCUT2D eigenvalue weighted by molar-refractivity contribution is 5.71. The number of allylic oxidation sites excluding steroid dienone is 16. The highest BCUT2D eigenvalue weighted by atomic mass is 16.6. The van der Waals surface area contributed by atoms with E-state index < -0.39 is 6.10 Å². The summed E-state index contributed by atoms with van der Waals surface area (Å²) in [6.07, 6.45) is 68.3. The van der Waals surface area contributed by atoms with Crippen molar-refractivity contribution < 1.29 is 28.6 Å². The summed E-state index contributed by atoms with van der Waals surface area (Å²) in [5.74, 6) is -1.02. The van der Waals surface area contributed by atoms with Crippen LogP contribution in [-0.2, 0) is 28.6 Å². The molecule has 0 N–H and O–H groups in total. The molecule has 0 radical (unpaired) electrons. The van der Waals surface area contributed by atoms with Crippen LogP contribution in [0.2, 0.25) is 0 Å². The fourth-order valence-corrected chi connectivity index (χ4v) is 6.99. The second-order valence-electron chi connectivity index (χ2n) is 17.2. The van der Waals surface area contributed by atoms with Gasteiger partial charge in [-0.15, -0.1) is 0 Å². The summed E-state index contributed by atoms with van der Waals surface area (Å²) in [6.45, 7) is 6.39. The molecule has 0 aliphatic heterocycles. The van der Waals surface area contributed by atoms with Crippen LogP contribution in [0.3, 0.4) is 0 Å². The Morgan fingerprint density at radius 3 is 1.09 bits per heavy atom. The van der Waals surface area contributed by atoms with Gasteiger partial charge in [0.15, 0.2) is 6.10 Å². The molecule has 0 amide bonds. The molecule has 6 heteroatoms. The Balaban J connectivity index is 4.52. The Hall–Kier alpha value is -3.67. The van der Waals surface area contributed by atoms with Gasteiger partial charge in [0.1, 0.15) is 13.2 Å². The lowest BCUT2D eigenvalue weighted by molar-refractivity contribution is -0.167. The SMILES string of the molecule is CC/C=C/C=C/C=C/C=C/C=C/CCCC(=O)OCC(COC(=O)CCCCCCCCC/C=C/CCCCCCCC)OC(=O)CCCCC/C=C/C=C/CCCCCCCCC. The molecule has 0 saturated carbocycles. The highest BCUT2D eigenvalue weighted by Gasteiger charge is 2.19. The first-order valence-electron chi connectivity index (χ1n) is 26.3. The van der Waals surface area contributed by atoms with E-state index in [1.54, 1.807) is 0 Å². The van der Waals surface area contributed by atoms with E-state index in [0.29, 0.717) is 12.8 Å². The van der Waals surface area contributed by atoms with Crippen LogP contribution in [-0.4, -0.2) is 37.2 Å². The van der Waals surface area contributed by atoms with Gasteiger partial charge < -0.3 is 14.2 Å². The van der Waals surface area contributed by atoms with E-state index in [-0.39, 0.29) is 44.0 Å². The first-order valence-corrected chi connectivity index (χ1v) is 26.3. The first-order chi connectivity index (χ1) is 31.5. The second kappa shape index (κ2) is 52.0. The molecule has 0 rings (SSSR count). The standard InChI is InChI=1S/C58H96O6/c1-4-7-10-13-16-19-22-25-27-29-31-33-36-39-42-45-48-51-57(60)63-54-55(53-62-56(59)50-47-44-41-38-35-32-24-21-18-15-12-9-6-3)64-58(61)52-49-46-43-40-37-34-30-28-26-23-20-17-14-11-8-5-2/h9,12,15,18,21,24-25,27-28,30,32,34-35,37-38,41,55H,4-8,10-11,13-14,16-17,19-20,22-23,26,29,31,33,36,39-40,42-54H2,1-3H3/b12-9+,18-15+,24-21+,27-25+,30-28+,35-32+,37-34+,41-38+. The molecule has 0 saturated heterocycles. The van der Waals surface area contributed by atoms with E-state index in [1.807, 2.05) is 54.7 Å². The molecule has 364 valence electrons. The van der Waals surface area contributed by atoms with Gasteiger partial charge in [-0.2, -0.15) is 0 Å². The van der Waals surface area contributed by atoms with Crippen LogP contribution in [0.5, 0.6) is 0 Å². The maximum absolute atomic E-state index is 12.8. The van der Waals surface area contributed by atoms with Gasteiger partial charge in [0, 0.05) is 19.3 Å². The Morgan fingerprint density at radius 2 is 0.641 bits per heavy atom. The molecular formula is C58H96O6. The number of rotatable bonds is 46. The van der Waals surface area contributed by atoms with Gasteiger partial charge in [0.25, 0.3) is 0 Å². The second-order valence-corrected chi connectivity index (χ2v) is 17.2. The van der Waals surface area contributed by atoms with Gasteiger partial charge >= 0.3 is 17.9 Å². The van der Waals surface area contributed by atoms with Gasteiger partial charge in [0.05, 0.1) is 0 Å². The summed E-state index contributed by atoms with van der Waals surface area (Å²) in [5.41, 5.74) is 0. The van der Waals surface area contributed by atoms with Crippen molar-refractivity contribution in [3.63, 3.8) is 0 Å². The summed E-state index contributed by atoms with van der Waals surface area (Å²) in [5, 5.41) is 0. The minimum Gasteiger partial charge on any atom is -0.462 e. The average Bonchev–Trinajstić information content (AvgIpc) is 3.29. The largest absolute Gasteiger partial charge is 0.462 e. The Bertz CT molecular complexity index is 1300. The highest BCUT2D eigenvalue weighted by Crippen LogP contribution is 2.13. The van der Waals surface area contributed by atoms with Crippen LogP contribution in [0.25, 0.3) is 0 Å². The Morgan fingerprint density at radius 1 is 0.328 bits per heavy atom. The maximum Gasteiger partial charge on any atom is 0.306 e.